The molecule has 0 spiro atoms. The summed E-state index contributed by atoms with van der Waals surface area (Å²) in [5.74, 6) is 2.00. The molecule has 130 valence electrons. The summed E-state index contributed by atoms with van der Waals surface area (Å²) in [6.07, 6.45) is 0. The van der Waals surface area contributed by atoms with Gasteiger partial charge in [0, 0.05) is 31.7 Å². The van der Waals surface area contributed by atoms with E-state index >= 15 is 0 Å². The molecular weight excluding hydrogens is 330 g/mol. The summed E-state index contributed by atoms with van der Waals surface area (Å²) >= 11 is 1.79. The number of rotatable bonds is 4. The highest BCUT2D eigenvalue weighted by Crippen LogP contribution is 2.34. The lowest BCUT2D eigenvalue weighted by molar-refractivity contribution is 0.271. The number of aromatic nitrogens is 1. The van der Waals surface area contributed by atoms with E-state index in [9.17, 15) is 0 Å². The summed E-state index contributed by atoms with van der Waals surface area (Å²) < 4.78 is 6.56. The Morgan fingerprint density at radius 3 is 2.52 bits per heavy atom. The van der Waals surface area contributed by atoms with Crippen LogP contribution in [0.1, 0.15) is 6.92 Å². The van der Waals surface area contributed by atoms with Gasteiger partial charge in [-0.15, -0.1) is 11.3 Å². The number of thiophene rings is 1. The highest BCUT2D eigenvalue weighted by atomic mass is 32.1. The molecule has 3 aromatic rings. The molecule has 4 nitrogen and oxygen atoms in total. The molecule has 1 aromatic carbocycles. The molecule has 0 bridgehead atoms. The van der Waals surface area contributed by atoms with Gasteiger partial charge in [0.15, 0.2) is 0 Å². The van der Waals surface area contributed by atoms with Crippen molar-refractivity contribution in [3.63, 3.8) is 0 Å². The lowest BCUT2D eigenvalue weighted by Gasteiger charge is -2.35. The van der Waals surface area contributed by atoms with E-state index in [1.165, 1.54) is 10.1 Å². The second-order valence-electron chi connectivity index (χ2n) is 6.32. The number of nitrogens with zero attached hydrogens (tertiary/aromatic N) is 3. The minimum atomic E-state index is 0.872. The Morgan fingerprint density at radius 1 is 1.08 bits per heavy atom. The van der Waals surface area contributed by atoms with Crippen LogP contribution in [0, 0.1) is 0 Å². The first-order chi connectivity index (χ1) is 12.3. The van der Waals surface area contributed by atoms with Crippen molar-refractivity contribution in [2.24, 2.45) is 0 Å². The van der Waals surface area contributed by atoms with Crippen molar-refractivity contribution in [2.45, 2.75) is 6.92 Å². The van der Waals surface area contributed by atoms with Gasteiger partial charge in [-0.25, -0.2) is 4.98 Å². The number of hydrogen-bond donors (Lipinski definition) is 0. The van der Waals surface area contributed by atoms with Gasteiger partial charge in [0.05, 0.1) is 17.5 Å². The molecule has 0 aliphatic carbocycles. The van der Waals surface area contributed by atoms with E-state index in [0.29, 0.717) is 0 Å². The maximum absolute atomic E-state index is 5.27. The Hall–Kier alpha value is -2.11. The first-order valence-corrected chi connectivity index (χ1v) is 9.66. The van der Waals surface area contributed by atoms with Crippen molar-refractivity contribution in [3.8, 4) is 17.0 Å². The van der Waals surface area contributed by atoms with Crippen LogP contribution in [-0.2, 0) is 0 Å². The molecule has 0 atom stereocenters. The van der Waals surface area contributed by atoms with Gasteiger partial charge in [-0.3, -0.25) is 0 Å². The van der Waals surface area contributed by atoms with Crippen LogP contribution in [0.4, 0.5) is 5.82 Å². The Kier molecular flexibility index (Phi) is 4.59. The van der Waals surface area contributed by atoms with Crippen LogP contribution in [0.25, 0.3) is 21.3 Å². The first kappa shape index (κ1) is 16.4. The van der Waals surface area contributed by atoms with E-state index in [1.807, 2.05) is 12.1 Å². The smallest absolute Gasteiger partial charge is 0.147 e. The van der Waals surface area contributed by atoms with Gasteiger partial charge >= 0.3 is 0 Å². The number of ether oxygens (including phenoxy) is 1. The molecule has 4 rings (SSSR count). The van der Waals surface area contributed by atoms with Crippen molar-refractivity contribution < 1.29 is 4.74 Å². The molecule has 0 N–H and O–H groups in total. The number of hydrogen-bond acceptors (Lipinski definition) is 5. The van der Waals surface area contributed by atoms with Crippen molar-refractivity contribution in [3.05, 3.63) is 41.8 Å². The molecule has 1 aliphatic heterocycles. The molecule has 1 aliphatic rings. The van der Waals surface area contributed by atoms with E-state index < -0.39 is 0 Å². The zero-order valence-electron chi connectivity index (χ0n) is 14.7. The van der Waals surface area contributed by atoms with Crippen molar-refractivity contribution in [1.82, 2.24) is 9.88 Å². The average Bonchev–Trinajstić information content (AvgIpc) is 3.16. The van der Waals surface area contributed by atoms with Crippen LogP contribution in [0.5, 0.6) is 5.75 Å². The average molecular weight is 353 g/mol. The number of methoxy groups -OCH3 is 1. The minimum absolute atomic E-state index is 0.872. The van der Waals surface area contributed by atoms with Crippen LogP contribution in [0.15, 0.2) is 41.8 Å². The van der Waals surface area contributed by atoms with Gasteiger partial charge in [-0.1, -0.05) is 6.92 Å². The first-order valence-electron chi connectivity index (χ1n) is 8.78. The second-order valence-corrected chi connectivity index (χ2v) is 7.24. The normalized spacial score (nSPS) is 15.7. The molecule has 5 heteroatoms. The van der Waals surface area contributed by atoms with E-state index in [2.05, 4.69) is 46.4 Å². The monoisotopic (exact) mass is 353 g/mol. The predicted octanol–water partition coefficient (Wildman–Crippen LogP) is 4.11. The Bertz CT molecular complexity index is 851. The van der Waals surface area contributed by atoms with E-state index in [-0.39, 0.29) is 0 Å². The second kappa shape index (κ2) is 7.02. The molecule has 2 aromatic heterocycles. The molecule has 25 heavy (non-hydrogen) atoms. The summed E-state index contributed by atoms with van der Waals surface area (Å²) in [5, 5.41) is 3.44. The number of benzene rings is 1. The van der Waals surface area contributed by atoms with Gasteiger partial charge < -0.3 is 14.5 Å². The van der Waals surface area contributed by atoms with E-state index in [4.69, 9.17) is 9.72 Å². The maximum Gasteiger partial charge on any atom is 0.147 e. The van der Waals surface area contributed by atoms with Crippen LogP contribution in [0.2, 0.25) is 0 Å². The molecule has 0 amide bonds. The van der Waals surface area contributed by atoms with Crippen molar-refractivity contribution >= 4 is 27.2 Å². The van der Waals surface area contributed by atoms with Gasteiger partial charge in [0.2, 0.25) is 0 Å². The van der Waals surface area contributed by atoms with Crippen molar-refractivity contribution in [1.29, 1.82) is 0 Å². The Labute approximate surface area is 152 Å². The fourth-order valence-electron chi connectivity index (χ4n) is 3.36. The lowest BCUT2D eigenvalue weighted by atomic mass is 10.1. The summed E-state index contributed by atoms with van der Waals surface area (Å²) in [5.41, 5.74) is 2.16. The maximum atomic E-state index is 5.27. The predicted molar refractivity (Wildman–Crippen MR) is 106 cm³/mol. The molecule has 3 heterocycles. The zero-order chi connectivity index (χ0) is 17.2. The van der Waals surface area contributed by atoms with Gasteiger partial charge in [-0.05, 0) is 53.7 Å². The third kappa shape index (κ3) is 3.22. The fourth-order valence-corrected chi connectivity index (χ4v) is 4.25. The molecule has 1 fully saturated rings. The van der Waals surface area contributed by atoms with Crippen LogP contribution >= 0.6 is 11.3 Å². The largest absolute Gasteiger partial charge is 0.497 e. The molecule has 0 radical (unpaired) electrons. The number of fused-ring (bicyclic) bond motifs is 1. The van der Waals surface area contributed by atoms with Crippen LogP contribution in [0.3, 0.4) is 0 Å². The Balaban J connectivity index is 1.72. The molecule has 0 saturated carbocycles. The summed E-state index contributed by atoms with van der Waals surface area (Å²) in [6, 6.07) is 12.5. The molecular formula is C20H23N3OS. The van der Waals surface area contributed by atoms with Crippen LogP contribution < -0.4 is 9.64 Å². The van der Waals surface area contributed by atoms with E-state index in [1.54, 1.807) is 18.4 Å². The fraction of sp³-hybridized carbons (Fsp3) is 0.350. The standard InChI is InChI=1S/C20H23N3OS/c1-3-22-9-11-23(12-10-22)20-19-16(8-13-25-19)14-18(21-20)15-4-6-17(24-2)7-5-15/h4-8,13-14H,3,9-12H2,1-2H3. The lowest BCUT2D eigenvalue weighted by Crippen LogP contribution is -2.46. The van der Waals surface area contributed by atoms with Crippen molar-refractivity contribution in [2.75, 3.05) is 44.7 Å². The third-order valence-corrected chi connectivity index (χ3v) is 5.85. The minimum Gasteiger partial charge on any atom is -0.497 e. The number of pyridine rings is 1. The summed E-state index contributed by atoms with van der Waals surface area (Å²) in [4.78, 5) is 9.99. The quantitative estimate of drug-likeness (QED) is 0.706. The number of anilines is 1. The summed E-state index contributed by atoms with van der Waals surface area (Å²) in [7, 11) is 1.69. The Morgan fingerprint density at radius 2 is 1.84 bits per heavy atom. The SMILES string of the molecule is CCN1CCN(c2nc(-c3ccc(OC)cc3)cc3ccsc23)CC1. The highest BCUT2D eigenvalue weighted by molar-refractivity contribution is 7.17. The zero-order valence-corrected chi connectivity index (χ0v) is 15.6. The highest BCUT2D eigenvalue weighted by Gasteiger charge is 2.20. The van der Waals surface area contributed by atoms with Crippen LogP contribution in [-0.4, -0.2) is 49.7 Å². The molecule has 1 saturated heterocycles. The van der Waals surface area contributed by atoms with Gasteiger partial charge in [0.1, 0.15) is 11.6 Å². The van der Waals surface area contributed by atoms with Gasteiger partial charge in [-0.2, -0.15) is 0 Å². The van der Waals surface area contributed by atoms with E-state index in [0.717, 1.165) is 55.5 Å². The third-order valence-electron chi connectivity index (χ3n) is 4.92. The number of likely N-dealkylation sites (N-methyl/N-ethyl adjacent to an activating group) is 1. The topological polar surface area (TPSA) is 28.6 Å². The summed E-state index contributed by atoms with van der Waals surface area (Å²) in [6.45, 7) is 7.66. The van der Waals surface area contributed by atoms with Gasteiger partial charge in [0.25, 0.3) is 0 Å². The number of piperazine rings is 1. The molecule has 0 unspecified atom stereocenters.